The molecule has 1 N–H and O–H groups in total. The predicted molar refractivity (Wildman–Crippen MR) is 115 cm³/mol. The van der Waals surface area contributed by atoms with E-state index in [1.807, 2.05) is 0 Å². The Bertz CT molecular complexity index is 1170. The molecule has 3 aromatic carbocycles. The Morgan fingerprint density at radius 3 is 2.45 bits per heavy atom. The number of hydrogen-bond acceptors (Lipinski definition) is 6. The first-order valence-corrected chi connectivity index (χ1v) is 9.36. The fourth-order valence-corrected chi connectivity index (χ4v) is 2.90. The molecular weight excluding hydrogens is 422 g/mol. The molecule has 1 amide bonds. The van der Waals surface area contributed by atoms with Gasteiger partial charge in [-0.25, -0.2) is 0 Å². The van der Waals surface area contributed by atoms with Crippen molar-refractivity contribution in [2.75, 3.05) is 12.4 Å². The van der Waals surface area contributed by atoms with Gasteiger partial charge in [0.15, 0.2) is 11.5 Å². The van der Waals surface area contributed by atoms with Crippen LogP contribution in [-0.4, -0.2) is 17.9 Å². The van der Waals surface area contributed by atoms with Crippen LogP contribution in [0, 0.1) is 21.4 Å². The van der Waals surface area contributed by atoms with Gasteiger partial charge in [-0.2, -0.15) is 5.26 Å². The van der Waals surface area contributed by atoms with Crippen LogP contribution < -0.4 is 14.8 Å². The lowest BCUT2D eigenvalue weighted by Crippen LogP contribution is -2.12. The zero-order valence-electron chi connectivity index (χ0n) is 16.3. The van der Waals surface area contributed by atoms with E-state index >= 15 is 0 Å². The standard InChI is InChI=1S/C22H16ClN3O5/c1-30-21-12-15(22(27)25-17-6-2-14(3-7-17)10-11-24)4-8-20(21)31-19-9-5-16(23)13-18(19)26(28)29/h2-9,12-13H,10H2,1H3,(H,25,27). The highest BCUT2D eigenvalue weighted by Gasteiger charge is 2.19. The third-order valence-corrected chi connectivity index (χ3v) is 4.49. The van der Waals surface area contributed by atoms with E-state index in [0.717, 1.165) is 5.56 Å². The van der Waals surface area contributed by atoms with Gasteiger partial charge in [-0.1, -0.05) is 23.7 Å². The maximum atomic E-state index is 12.6. The average Bonchev–Trinajstić information content (AvgIpc) is 2.76. The summed E-state index contributed by atoms with van der Waals surface area (Å²) in [5, 5.41) is 22.9. The van der Waals surface area contributed by atoms with E-state index in [1.165, 1.54) is 43.5 Å². The maximum absolute atomic E-state index is 12.6. The Morgan fingerprint density at radius 1 is 1.10 bits per heavy atom. The van der Waals surface area contributed by atoms with Crippen LogP contribution in [0.5, 0.6) is 17.2 Å². The molecule has 3 rings (SSSR count). The number of methoxy groups -OCH3 is 1. The van der Waals surface area contributed by atoms with Crippen molar-refractivity contribution in [2.24, 2.45) is 0 Å². The number of halogens is 1. The summed E-state index contributed by atoms with van der Waals surface area (Å²) < 4.78 is 10.9. The van der Waals surface area contributed by atoms with Gasteiger partial charge in [0.2, 0.25) is 5.75 Å². The van der Waals surface area contributed by atoms with Gasteiger partial charge in [-0.15, -0.1) is 0 Å². The molecule has 0 saturated heterocycles. The molecule has 0 aliphatic heterocycles. The van der Waals surface area contributed by atoms with Crippen molar-refractivity contribution >= 4 is 28.9 Å². The SMILES string of the molecule is COc1cc(C(=O)Nc2ccc(CC#N)cc2)ccc1Oc1ccc(Cl)cc1[N+](=O)[O-]. The molecule has 156 valence electrons. The molecule has 0 bridgehead atoms. The molecule has 0 atom stereocenters. The molecule has 0 unspecified atom stereocenters. The molecule has 0 radical (unpaired) electrons. The number of nitro benzene ring substituents is 1. The molecule has 9 heteroatoms. The van der Waals surface area contributed by atoms with Crippen LogP contribution in [0.2, 0.25) is 5.02 Å². The van der Waals surface area contributed by atoms with Crippen molar-refractivity contribution in [3.05, 3.63) is 86.9 Å². The van der Waals surface area contributed by atoms with E-state index in [0.29, 0.717) is 17.7 Å². The number of anilines is 1. The Labute approximate surface area is 182 Å². The third-order valence-electron chi connectivity index (χ3n) is 4.26. The van der Waals surface area contributed by atoms with Gasteiger partial charge >= 0.3 is 5.69 Å². The summed E-state index contributed by atoms with van der Waals surface area (Å²) in [5.74, 6) is 0.0318. The van der Waals surface area contributed by atoms with Gasteiger partial charge in [0.1, 0.15) is 0 Å². The van der Waals surface area contributed by atoms with E-state index in [4.69, 9.17) is 26.3 Å². The Kier molecular flexibility index (Phi) is 6.70. The van der Waals surface area contributed by atoms with Gasteiger partial charge in [0.25, 0.3) is 5.91 Å². The van der Waals surface area contributed by atoms with Crippen LogP contribution in [0.25, 0.3) is 0 Å². The summed E-state index contributed by atoms with van der Waals surface area (Å²) in [6.45, 7) is 0. The van der Waals surface area contributed by atoms with Crippen LogP contribution in [0.15, 0.2) is 60.7 Å². The zero-order valence-corrected chi connectivity index (χ0v) is 17.1. The minimum atomic E-state index is -0.600. The molecule has 0 fully saturated rings. The fraction of sp³-hybridized carbons (Fsp3) is 0.0909. The molecule has 3 aromatic rings. The van der Waals surface area contributed by atoms with E-state index < -0.39 is 4.92 Å². The Morgan fingerprint density at radius 2 is 1.81 bits per heavy atom. The van der Waals surface area contributed by atoms with Crippen LogP contribution in [0.1, 0.15) is 15.9 Å². The lowest BCUT2D eigenvalue weighted by molar-refractivity contribution is -0.385. The number of nitrogens with one attached hydrogen (secondary N) is 1. The first kappa shape index (κ1) is 21.6. The summed E-state index contributed by atoms with van der Waals surface area (Å²) in [4.78, 5) is 23.2. The molecule has 8 nitrogen and oxygen atoms in total. The van der Waals surface area contributed by atoms with E-state index in [9.17, 15) is 14.9 Å². The lowest BCUT2D eigenvalue weighted by Gasteiger charge is -2.12. The van der Waals surface area contributed by atoms with Crippen molar-refractivity contribution in [3.63, 3.8) is 0 Å². The normalized spacial score (nSPS) is 10.1. The number of rotatable bonds is 7. The number of amides is 1. The van der Waals surface area contributed by atoms with Crippen molar-refractivity contribution in [1.82, 2.24) is 0 Å². The minimum Gasteiger partial charge on any atom is -0.493 e. The lowest BCUT2D eigenvalue weighted by atomic mass is 10.1. The highest BCUT2D eigenvalue weighted by molar-refractivity contribution is 6.30. The predicted octanol–water partition coefficient (Wildman–Crippen LogP) is 5.37. The number of hydrogen-bond donors (Lipinski definition) is 1. The average molecular weight is 438 g/mol. The van der Waals surface area contributed by atoms with Crippen molar-refractivity contribution in [1.29, 1.82) is 5.26 Å². The highest BCUT2D eigenvalue weighted by Crippen LogP contribution is 2.38. The number of nitriles is 1. The van der Waals surface area contributed by atoms with Crippen LogP contribution in [-0.2, 0) is 6.42 Å². The third kappa shape index (κ3) is 5.29. The number of carbonyl (C=O) groups is 1. The van der Waals surface area contributed by atoms with Gasteiger partial charge in [0, 0.05) is 22.3 Å². The monoisotopic (exact) mass is 437 g/mol. The first-order chi connectivity index (χ1) is 14.9. The van der Waals surface area contributed by atoms with Crippen molar-refractivity contribution in [3.8, 4) is 23.3 Å². The minimum absolute atomic E-state index is 0.0117. The Hall–Kier alpha value is -4.09. The van der Waals surface area contributed by atoms with Crippen molar-refractivity contribution < 1.29 is 19.2 Å². The topological polar surface area (TPSA) is 114 Å². The molecule has 0 spiro atoms. The fourth-order valence-electron chi connectivity index (χ4n) is 2.73. The van der Waals surface area contributed by atoms with E-state index in [1.54, 1.807) is 24.3 Å². The quantitative estimate of drug-likeness (QED) is 0.392. The van der Waals surface area contributed by atoms with Crippen molar-refractivity contribution in [2.45, 2.75) is 6.42 Å². The summed E-state index contributed by atoms with van der Waals surface area (Å²) in [6, 6.07) is 17.5. The molecule has 0 aliphatic rings. The maximum Gasteiger partial charge on any atom is 0.313 e. The second kappa shape index (κ2) is 9.61. The highest BCUT2D eigenvalue weighted by atomic mass is 35.5. The number of carbonyl (C=O) groups excluding carboxylic acids is 1. The smallest absolute Gasteiger partial charge is 0.313 e. The number of benzene rings is 3. The number of nitrogens with zero attached hydrogens (tertiary/aromatic N) is 2. The number of nitro groups is 1. The summed E-state index contributed by atoms with van der Waals surface area (Å²) >= 11 is 5.83. The second-order valence-electron chi connectivity index (χ2n) is 6.32. The van der Waals surface area contributed by atoms with E-state index in [-0.39, 0.29) is 33.9 Å². The van der Waals surface area contributed by atoms with Gasteiger partial charge in [-0.3, -0.25) is 14.9 Å². The zero-order chi connectivity index (χ0) is 22.4. The molecule has 0 aromatic heterocycles. The largest absolute Gasteiger partial charge is 0.493 e. The Balaban J connectivity index is 1.80. The van der Waals surface area contributed by atoms with Gasteiger partial charge in [0.05, 0.1) is 24.5 Å². The summed E-state index contributed by atoms with van der Waals surface area (Å²) in [7, 11) is 1.40. The van der Waals surface area contributed by atoms with Gasteiger partial charge < -0.3 is 14.8 Å². The molecule has 31 heavy (non-hydrogen) atoms. The van der Waals surface area contributed by atoms with Gasteiger partial charge in [-0.05, 0) is 48.0 Å². The van der Waals surface area contributed by atoms with Crippen LogP contribution in [0.4, 0.5) is 11.4 Å². The summed E-state index contributed by atoms with van der Waals surface area (Å²) in [5.41, 5.74) is 1.43. The molecule has 0 heterocycles. The summed E-state index contributed by atoms with van der Waals surface area (Å²) in [6.07, 6.45) is 0.290. The second-order valence-corrected chi connectivity index (χ2v) is 6.76. The molecule has 0 saturated carbocycles. The first-order valence-electron chi connectivity index (χ1n) is 8.98. The van der Waals surface area contributed by atoms with E-state index in [2.05, 4.69) is 11.4 Å². The van der Waals surface area contributed by atoms with Crippen LogP contribution >= 0.6 is 11.6 Å². The molecule has 0 aliphatic carbocycles. The number of ether oxygens (including phenoxy) is 2. The van der Waals surface area contributed by atoms with Crippen LogP contribution in [0.3, 0.4) is 0 Å². The molecular formula is C22H16ClN3O5.